The number of ether oxygens (including phenoxy) is 1. The van der Waals surface area contributed by atoms with Crippen LogP contribution in [0.15, 0.2) is 72.8 Å². The molecule has 0 saturated heterocycles. The summed E-state index contributed by atoms with van der Waals surface area (Å²) in [7, 11) is 0. The molecule has 2 N–H and O–H groups in total. The summed E-state index contributed by atoms with van der Waals surface area (Å²) in [5.41, 5.74) is 2.35. The molecule has 3 aromatic rings. The molecular weight excluding hydrogens is 409 g/mol. The predicted molar refractivity (Wildman–Crippen MR) is 120 cm³/mol. The maximum atomic E-state index is 14.1. The number of rotatable bonds is 9. The third kappa shape index (κ3) is 6.17. The molecule has 0 aliphatic heterocycles. The van der Waals surface area contributed by atoms with Gasteiger partial charge < -0.3 is 15.2 Å². The summed E-state index contributed by atoms with van der Waals surface area (Å²) in [5.74, 6) is -1.10. The highest BCUT2D eigenvalue weighted by atomic mass is 19.1. The molecule has 3 aromatic carbocycles. The highest BCUT2D eigenvalue weighted by Gasteiger charge is 2.18. The lowest BCUT2D eigenvalue weighted by molar-refractivity contribution is 0.0696. The first-order valence-corrected chi connectivity index (χ1v) is 10.4. The van der Waals surface area contributed by atoms with Gasteiger partial charge in [0.1, 0.15) is 6.10 Å². The van der Waals surface area contributed by atoms with E-state index in [1.54, 1.807) is 42.5 Å². The number of halogens is 1. The quantitative estimate of drug-likeness (QED) is 0.457. The van der Waals surface area contributed by atoms with Crippen molar-refractivity contribution in [3.05, 3.63) is 101 Å². The molecule has 0 aliphatic rings. The van der Waals surface area contributed by atoms with E-state index in [9.17, 15) is 14.0 Å². The van der Waals surface area contributed by atoms with Crippen LogP contribution in [0.1, 0.15) is 58.2 Å². The number of benzene rings is 3. The van der Waals surface area contributed by atoms with Crippen molar-refractivity contribution in [1.29, 1.82) is 0 Å². The van der Waals surface area contributed by atoms with Gasteiger partial charge in [-0.1, -0.05) is 50.2 Å². The Morgan fingerprint density at radius 3 is 2.16 bits per heavy atom. The van der Waals surface area contributed by atoms with Crippen molar-refractivity contribution in [3.63, 3.8) is 0 Å². The zero-order chi connectivity index (χ0) is 23.1. The second kappa shape index (κ2) is 10.6. The second-order valence-corrected chi connectivity index (χ2v) is 7.97. The van der Waals surface area contributed by atoms with E-state index >= 15 is 0 Å². The molecule has 166 valence electrons. The van der Waals surface area contributed by atoms with Gasteiger partial charge >= 0.3 is 5.97 Å². The van der Waals surface area contributed by atoms with Crippen molar-refractivity contribution in [2.75, 3.05) is 0 Å². The van der Waals surface area contributed by atoms with Gasteiger partial charge in [-0.2, -0.15) is 0 Å². The Balaban J connectivity index is 1.66. The van der Waals surface area contributed by atoms with E-state index < -0.39 is 11.8 Å². The number of carbonyl (C=O) groups is 2. The van der Waals surface area contributed by atoms with Crippen LogP contribution in [0.25, 0.3) is 0 Å². The van der Waals surface area contributed by atoms with E-state index in [-0.39, 0.29) is 29.9 Å². The molecule has 0 spiro atoms. The Morgan fingerprint density at radius 2 is 1.56 bits per heavy atom. The van der Waals surface area contributed by atoms with Crippen molar-refractivity contribution < 1.29 is 23.8 Å². The van der Waals surface area contributed by atoms with Gasteiger partial charge in [0.15, 0.2) is 11.6 Å². The Morgan fingerprint density at radius 1 is 0.938 bits per heavy atom. The molecule has 0 aromatic heterocycles. The van der Waals surface area contributed by atoms with Crippen molar-refractivity contribution in [3.8, 4) is 5.75 Å². The minimum Gasteiger partial charge on any atom is -0.483 e. The van der Waals surface area contributed by atoms with Gasteiger partial charge in [-0.15, -0.1) is 0 Å². The van der Waals surface area contributed by atoms with Crippen molar-refractivity contribution in [1.82, 2.24) is 5.32 Å². The first-order valence-electron chi connectivity index (χ1n) is 10.4. The molecule has 5 nitrogen and oxygen atoms in total. The normalized spacial score (nSPS) is 11.8. The van der Waals surface area contributed by atoms with Crippen molar-refractivity contribution in [2.24, 2.45) is 5.92 Å². The number of aromatic carboxylic acids is 1. The Bertz CT molecular complexity index is 1060. The summed E-state index contributed by atoms with van der Waals surface area (Å²) in [4.78, 5) is 23.4. The second-order valence-electron chi connectivity index (χ2n) is 7.97. The van der Waals surface area contributed by atoms with Gasteiger partial charge in [0, 0.05) is 12.1 Å². The first kappa shape index (κ1) is 23.0. The number of nitrogens with one attached hydrogen (secondary N) is 1. The molecule has 1 atom stereocenters. The lowest BCUT2D eigenvalue weighted by Gasteiger charge is -2.22. The van der Waals surface area contributed by atoms with Gasteiger partial charge in [0.2, 0.25) is 0 Å². The molecule has 1 unspecified atom stereocenters. The number of carboxylic acid groups (broad SMARTS) is 1. The number of para-hydroxylation sites is 1. The average Bonchev–Trinajstić information content (AvgIpc) is 2.78. The molecule has 0 fully saturated rings. The predicted octanol–water partition coefficient (Wildman–Crippen LogP) is 5.62. The van der Waals surface area contributed by atoms with E-state index in [0.717, 1.165) is 11.1 Å². The maximum Gasteiger partial charge on any atom is 0.335 e. The van der Waals surface area contributed by atoms with Crippen LogP contribution in [-0.4, -0.2) is 17.0 Å². The van der Waals surface area contributed by atoms with E-state index in [2.05, 4.69) is 19.2 Å². The molecule has 0 heterocycles. The third-order valence-electron chi connectivity index (χ3n) is 4.99. The van der Waals surface area contributed by atoms with Crippen LogP contribution < -0.4 is 10.1 Å². The van der Waals surface area contributed by atoms with Gasteiger partial charge in [-0.05, 0) is 59.9 Å². The summed E-state index contributed by atoms with van der Waals surface area (Å²) in [5, 5.41) is 11.8. The van der Waals surface area contributed by atoms with E-state index in [1.807, 2.05) is 12.1 Å². The Labute approximate surface area is 186 Å². The van der Waals surface area contributed by atoms with E-state index in [1.165, 1.54) is 18.2 Å². The van der Waals surface area contributed by atoms with Gasteiger partial charge in [0.25, 0.3) is 5.91 Å². The van der Waals surface area contributed by atoms with Crippen LogP contribution in [0.5, 0.6) is 5.75 Å². The monoisotopic (exact) mass is 435 g/mol. The van der Waals surface area contributed by atoms with E-state index in [0.29, 0.717) is 17.9 Å². The molecule has 0 radical (unpaired) electrons. The van der Waals surface area contributed by atoms with Crippen molar-refractivity contribution >= 4 is 11.9 Å². The van der Waals surface area contributed by atoms with Crippen molar-refractivity contribution in [2.45, 2.75) is 32.9 Å². The molecule has 6 heteroatoms. The Kier molecular flexibility index (Phi) is 7.60. The minimum absolute atomic E-state index is 0.198. The highest BCUT2D eigenvalue weighted by molar-refractivity contribution is 5.94. The lowest BCUT2D eigenvalue weighted by Crippen LogP contribution is -2.23. The fraction of sp³-hybridized carbons (Fsp3) is 0.231. The van der Waals surface area contributed by atoms with Gasteiger partial charge in [0.05, 0.1) is 5.56 Å². The zero-order valence-corrected chi connectivity index (χ0v) is 18.0. The summed E-state index contributed by atoms with van der Waals surface area (Å²) in [6.07, 6.45) is 0.364. The average molecular weight is 435 g/mol. The summed E-state index contributed by atoms with van der Waals surface area (Å²) in [6, 6.07) is 19.7. The third-order valence-corrected chi connectivity index (χ3v) is 4.99. The SMILES string of the molecule is CC(C)CC(Oc1ccccc1F)c1ccc(C(=O)NCc2ccc(C(=O)O)cc2)cc1. The van der Waals surface area contributed by atoms with Crippen LogP contribution in [0.2, 0.25) is 0 Å². The largest absolute Gasteiger partial charge is 0.483 e. The van der Waals surface area contributed by atoms with Gasteiger partial charge in [-0.25, -0.2) is 9.18 Å². The number of amides is 1. The molecule has 0 aliphatic carbocycles. The number of hydrogen-bond donors (Lipinski definition) is 2. The Hall–Kier alpha value is -3.67. The smallest absolute Gasteiger partial charge is 0.335 e. The summed E-state index contributed by atoms with van der Waals surface area (Å²) in [6.45, 7) is 4.43. The maximum absolute atomic E-state index is 14.1. The van der Waals surface area contributed by atoms with Crippen LogP contribution in [0.3, 0.4) is 0 Å². The fourth-order valence-corrected chi connectivity index (χ4v) is 3.27. The topological polar surface area (TPSA) is 75.6 Å². The van der Waals surface area contributed by atoms with Crippen LogP contribution in [0.4, 0.5) is 4.39 Å². The first-order chi connectivity index (χ1) is 15.3. The number of carbonyl (C=O) groups excluding carboxylic acids is 1. The lowest BCUT2D eigenvalue weighted by atomic mass is 9.98. The molecule has 1 amide bonds. The zero-order valence-electron chi connectivity index (χ0n) is 18.0. The number of carboxylic acids is 1. The van der Waals surface area contributed by atoms with Crippen LogP contribution in [0, 0.1) is 11.7 Å². The van der Waals surface area contributed by atoms with Crippen LogP contribution >= 0.6 is 0 Å². The molecule has 32 heavy (non-hydrogen) atoms. The molecule has 3 rings (SSSR count). The molecule has 0 saturated carbocycles. The standard InChI is InChI=1S/C26H26FNO4/c1-17(2)15-24(32-23-6-4-3-5-22(23)27)19-11-13-20(14-12-19)25(29)28-16-18-7-9-21(10-8-18)26(30)31/h3-14,17,24H,15-16H2,1-2H3,(H,28,29)(H,30,31). The summed E-state index contributed by atoms with van der Waals surface area (Å²) < 4.78 is 20.0. The molecular formula is C26H26FNO4. The fourth-order valence-electron chi connectivity index (χ4n) is 3.27. The van der Waals surface area contributed by atoms with E-state index in [4.69, 9.17) is 9.84 Å². The number of hydrogen-bond acceptors (Lipinski definition) is 3. The molecule has 0 bridgehead atoms. The minimum atomic E-state index is -0.990. The summed E-state index contributed by atoms with van der Waals surface area (Å²) >= 11 is 0. The van der Waals surface area contributed by atoms with Crippen LogP contribution in [-0.2, 0) is 6.54 Å². The highest BCUT2D eigenvalue weighted by Crippen LogP contribution is 2.29. The van der Waals surface area contributed by atoms with Gasteiger partial charge in [-0.3, -0.25) is 4.79 Å².